The molecule has 0 bridgehead atoms. The molecule has 0 radical (unpaired) electrons. The topological polar surface area (TPSA) is 69.0 Å². The lowest BCUT2D eigenvalue weighted by Gasteiger charge is -2.17. The van der Waals surface area contributed by atoms with E-state index in [1.54, 1.807) is 30.1 Å². The maximum Gasteiger partial charge on any atom is 0.239 e. The lowest BCUT2D eigenvalue weighted by molar-refractivity contribution is -0.119. The maximum atomic E-state index is 11.3. The van der Waals surface area contributed by atoms with E-state index in [0.717, 1.165) is 0 Å². The molecule has 84 valence electrons. The van der Waals surface area contributed by atoms with E-state index in [-0.39, 0.29) is 12.5 Å². The van der Waals surface area contributed by atoms with Gasteiger partial charge in [-0.1, -0.05) is 6.07 Å². The van der Waals surface area contributed by atoms with E-state index in [0.29, 0.717) is 18.1 Å². The Balaban J connectivity index is 2.69. The Labute approximate surface area is 94.7 Å². The minimum absolute atomic E-state index is 0.0610. The van der Waals surface area contributed by atoms with Crippen LogP contribution in [0.1, 0.15) is 12.6 Å². The maximum absolute atomic E-state index is 11.3. The zero-order valence-corrected chi connectivity index (χ0v) is 9.40. The molecule has 1 rings (SSSR count). The van der Waals surface area contributed by atoms with Crippen LogP contribution in [0.15, 0.2) is 18.2 Å². The molecular weight excluding hydrogens is 204 g/mol. The highest BCUT2D eigenvalue weighted by molar-refractivity contribution is 5.80. The number of carbonyl (C=O) groups is 1. The smallest absolute Gasteiger partial charge is 0.239 e. The van der Waals surface area contributed by atoms with Gasteiger partial charge in [-0.25, -0.2) is 4.98 Å². The first-order valence-corrected chi connectivity index (χ1v) is 5.02. The second kappa shape index (κ2) is 5.71. The van der Waals surface area contributed by atoms with E-state index >= 15 is 0 Å². The second-order valence-electron chi connectivity index (χ2n) is 3.30. The van der Waals surface area contributed by atoms with Crippen LogP contribution in [0.25, 0.3) is 0 Å². The fraction of sp³-hybridized carbons (Fsp3) is 0.364. The van der Waals surface area contributed by atoms with Crippen LogP contribution in [-0.2, 0) is 4.79 Å². The molecule has 0 saturated heterocycles. The number of carbonyl (C=O) groups excluding carboxylic acids is 1. The molecule has 5 nitrogen and oxygen atoms in total. The molecule has 0 aliphatic rings. The van der Waals surface area contributed by atoms with Crippen LogP contribution in [0.4, 0.5) is 5.82 Å². The SMILES string of the molecule is CCNC(=O)CN(C)c1cccc(C#N)n1. The molecule has 0 aliphatic heterocycles. The lowest BCUT2D eigenvalue weighted by atomic mass is 10.3. The van der Waals surface area contributed by atoms with E-state index in [4.69, 9.17) is 5.26 Å². The summed E-state index contributed by atoms with van der Waals surface area (Å²) < 4.78 is 0. The molecule has 0 aromatic carbocycles. The number of hydrogen-bond acceptors (Lipinski definition) is 4. The van der Waals surface area contributed by atoms with Crippen molar-refractivity contribution in [3.05, 3.63) is 23.9 Å². The summed E-state index contributed by atoms with van der Waals surface area (Å²) >= 11 is 0. The highest BCUT2D eigenvalue weighted by atomic mass is 16.2. The lowest BCUT2D eigenvalue weighted by Crippen LogP contribution is -2.35. The number of pyridine rings is 1. The zero-order valence-electron chi connectivity index (χ0n) is 9.40. The van der Waals surface area contributed by atoms with Crippen molar-refractivity contribution in [2.45, 2.75) is 6.92 Å². The van der Waals surface area contributed by atoms with Crippen molar-refractivity contribution < 1.29 is 4.79 Å². The third-order valence-electron chi connectivity index (χ3n) is 1.99. The Bertz CT molecular complexity index is 411. The highest BCUT2D eigenvalue weighted by Gasteiger charge is 2.07. The average Bonchev–Trinajstić information content (AvgIpc) is 2.29. The van der Waals surface area contributed by atoms with Crippen LogP contribution in [0.2, 0.25) is 0 Å². The van der Waals surface area contributed by atoms with E-state index in [1.165, 1.54) is 0 Å². The van der Waals surface area contributed by atoms with Crippen molar-refractivity contribution in [2.75, 3.05) is 25.0 Å². The standard InChI is InChI=1S/C11H14N4O/c1-3-13-11(16)8-15(2)10-6-4-5-9(7-12)14-10/h4-6H,3,8H2,1-2H3,(H,13,16). The first kappa shape index (κ1) is 12.0. The number of amides is 1. The van der Waals surface area contributed by atoms with E-state index in [2.05, 4.69) is 10.3 Å². The van der Waals surface area contributed by atoms with E-state index < -0.39 is 0 Å². The Morgan fingerprint density at radius 1 is 1.62 bits per heavy atom. The van der Waals surface area contributed by atoms with Gasteiger partial charge in [-0.15, -0.1) is 0 Å². The quantitative estimate of drug-likeness (QED) is 0.800. The molecule has 1 heterocycles. The third-order valence-corrected chi connectivity index (χ3v) is 1.99. The molecule has 0 atom stereocenters. The largest absolute Gasteiger partial charge is 0.355 e. The van der Waals surface area contributed by atoms with Crippen molar-refractivity contribution >= 4 is 11.7 Å². The van der Waals surface area contributed by atoms with Crippen molar-refractivity contribution in [1.29, 1.82) is 5.26 Å². The van der Waals surface area contributed by atoms with E-state index in [9.17, 15) is 4.79 Å². The number of likely N-dealkylation sites (N-methyl/N-ethyl adjacent to an activating group) is 2. The highest BCUT2D eigenvalue weighted by Crippen LogP contribution is 2.08. The first-order chi connectivity index (χ1) is 7.67. The third kappa shape index (κ3) is 3.24. The van der Waals surface area contributed by atoms with Crippen molar-refractivity contribution in [2.24, 2.45) is 0 Å². The molecular formula is C11H14N4O. The molecule has 0 unspecified atom stereocenters. The predicted octanol–water partition coefficient (Wildman–Crippen LogP) is 0.526. The van der Waals surface area contributed by atoms with Crippen LogP contribution in [0.5, 0.6) is 0 Å². The van der Waals surface area contributed by atoms with Gasteiger partial charge >= 0.3 is 0 Å². The van der Waals surface area contributed by atoms with Gasteiger partial charge in [-0.3, -0.25) is 4.79 Å². The summed E-state index contributed by atoms with van der Waals surface area (Å²) in [4.78, 5) is 17.1. The van der Waals surface area contributed by atoms with Gasteiger partial charge in [0.05, 0.1) is 6.54 Å². The van der Waals surface area contributed by atoms with Crippen LogP contribution < -0.4 is 10.2 Å². The number of nitrogens with one attached hydrogen (secondary N) is 1. The second-order valence-corrected chi connectivity index (χ2v) is 3.30. The Hall–Kier alpha value is -2.09. The van der Waals surface area contributed by atoms with Gasteiger partial charge in [0.15, 0.2) is 0 Å². The van der Waals surface area contributed by atoms with Crippen molar-refractivity contribution in [3.8, 4) is 6.07 Å². The molecule has 0 spiro atoms. The van der Waals surface area contributed by atoms with Crippen molar-refractivity contribution in [3.63, 3.8) is 0 Å². The van der Waals surface area contributed by atoms with Gasteiger partial charge in [0.25, 0.3) is 0 Å². The fourth-order valence-electron chi connectivity index (χ4n) is 1.25. The Morgan fingerprint density at radius 2 is 2.38 bits per heavy atom. The number of nitriles is 1. The molecule has 1 amide bonds. The number of rotatable bonds is 4. The Kier molecular flexibility index (Phi) is 4.28. The molecule has 16 heavy (non-hydrogen) atoms. The van der Waals surface area contributed by atoms with E-state index in [1.807, 2.05) is 13.0 Å². The van der Waals surface area contributed by atoms with Gasteiger partial charge in [-0.05, 0) is 19.1 Å². The minimum Gasteiger partial charge on any atom is -0.355 e. The fourth-order valence-corrected chi connectivity index (χ4v) is 1.25. The van der Waals surface area contributed by atoms with Crippen LogP contribution in [0.3, 0.4) is 0 Å². The molecule has 5 heteroatoms. The molecule has 1 N–H and O–H groups in total. The Morgan fingerprint density at radius 3 is 3.00 bits per heavy atom. The summed E-state index contributed by atoms with van der Waals surface area (Å²) in [6.45, 7) is 2.71. The zero-order chi connectivity index (χ0) is 12.0. The molecule has 1 aromatic heterocycles. The first-order valence-electron chi connectivity index (χ1n) is 5.02. The van der Waals surface area contributed by atoms with Crippen LogP contribution in [-0.4, -0.2) is 31.0 Å². The summed E-state index contributed by atoms with van der Waals surface area (Å²) in [5.41, 5.74) is 0.347. The predicted molar refractivity (Wildman–Crippen MR) is 60.9 cm³/mol. The van der Waals surface area contributed by atoms with Gasteiger partial charge in [-0.2, -0.15) is 5.26 Å². The summed E-state index contributed by atoms with van der Waals surface area (Å²) in [5, 5.41) is 11.4. The van der Waals surface area contributed by atoms with Gasteiger partial charge in [0.2, 0.25) is 5.91 Å². The molecule has 0 aliphatic carbocycles. The monoisotopic (exact) mass is 218 g/mol. The van der Waals surface area contributed by atoms with Crippen LogP contribution in [0, 0.1) is 11.3 Å². The average molecular weight is 218 g/mol. The van der Waals surface area contributed by atoms with Crippen molar-refractivity contribution in [1.82, 2.24) is 10.3 Å². The van der Waals surface area contributed by atoms with Gasteiger partial charge in [0.1, 0.15) is 17.6 Å². The summed E-state index contributed by atoms with van der Waals surface area (Å²) in [6, 6.07) is 7.10. The summed E-state index contributed by atoms with van der Waals surface area (Å²) in [5.74, 6) is 0.555. The normalized spacial score (nSPS) is 9.31. The van der Waals surface area contributed by atoms with Crippen LogP contribution >= 0.6 is 0 Å². The molecule has 0 saturated carbocycles. The summed E-state index contributed by atoms with van der Waals surface area (Å²) in [7, 11) is 1.76. The van der Waals surface area contributed by atoms with Gasteiger partial charge < -0.3 is 10.2 Å². The number of aromatic nitrogens is 1. The number of anilines is 1. The molecule has 0 fully saturated rings. The molecule has 1 aromatic rings. The summed E-state index contributed by atoms with van der Waals surface area (Å²) in [6.07, 6.45) is 0. The van der Waals surface area contributed by atoms with Gasteiger partial charge in [0, 0.05) is 13.6 Å². The number of hydrogen-bond donors (Lipinski definition) is 1. The number of nitrogens with zero attached hydrogens (tertiary/aromatic N) is 3. The minimum atomic E-state index is -0.0610.